The Morgan fingerprint density at radius 1 is 1.04 bits per heavy atom. The van der Waals surface area contributed by atoms with Gasteiger partial charge in [-0.15, -0.1) is 11.3 Å². The molecular weight excluding hydrogens is 328 g/mol. The number of thiophene rings is 1. The molecule has 2 N–H and O–H groups in total. The van der Waals surface area contributed by atoms with Crippen molar-refractivity contribution in [2.24, 2.45) is 4.99 Å². The SMILES string of the molecule is CC1=NCC(c2ccc(-c3ccc4c(c3)sc3nc(C)[nH]c34)cc2)N1. The average molecular weight is 346 g/mol. The van der Waals surface area contributed by atoms with E-state index in [1.807, 2.05) is 13.8 Å². The van der Waals surface area contributed by atoms with Gasteiger partial charge < -0.3 is 10.3 Å². The minimum absolute atomic E-state index is 0.309. The summed E-state index contributed by atoms with van der Waals surface area (Å²) >= 11 is 1.75. The topological polar surface area (TPSA) is 53.1 Å². The van der Waals surface area contributed by atoms with Gasteiger partial charge in [0, 0.05) is 10.1 Å². The molecule has 1 aliphatic heterocycles. The second-order valence-corrected chi connectivity index (χ2v) is 7.59. The highest BCUT2D eigenvalue weighted by Gasteiger charge is 2.16. The number of H-pyrrole nitrogens is 1. The van der Waals surface area contributed by atoms with Crippen molar-refractivity contribution in [3.8, 4) is 11.1 Å². The monoisotopic (exact) mass is 346 g/mol. The number of hydrogen-bond donors (Lipinski definition) is 2. The van der Waals surface area contributed by atoms with Crippen molar-refractivity contribution in [2.75, 3.05) is 6.54 Å². The Morgan fingerprint density at radius 3 is 2.60 bits per heavy atom. The van der Waals surface area contributed by atoms with E-state index in [9.17, 15) is 0 Å². The highest BCUT2D eigenvalue weighted by Crippen LogP contribution is 2.35. The number of aliphatic imine (C=N–C) groups is 1. The summed E-state index contributed by atoms with van der Waals surface area (Å²) in [7, 11) is 0. The molecule has 0 bridgehead atoms. The Balaban J connectivity index is 1.49. The Kier molecular flexibility index (Phi) is 3.18. The number of nitrogens with zero attached hydrogens (tertiary/aromatic N) is 2. The van der Waals surface area contributed by atoms with E-state index in [4.69, 9.17) is 0 Å². The van der Waals surface area contributed by atoms with E-state index in [0.29, 0.717) is 6.04 Å². The number of benzene rings is 2. The third kappa shape index (κ3) is 2.43. The quantitative estimate of drug-likeness (QED) is 0.547. The molecule has 25 heavy (non-hydrogen) atoms. The molecule has 1 unspecified atom stereocenters. The number of aryl methyl sites for hydroxylation is 1. The Bertz CT molecular complexity index is 1120. The molecule has 3 heterocycles. The van der Waals surface area contributed by atoms with Crippen LogP contribution in [0.2, 0.25) is 0 Å². The van der Waals surface area contributed by atoms with Gasteiger partial charge in [-0.05, 0) is 36.6 Å². The molecule has 2 aromatic heterocycles. The van der Waals surface area contributed by atoms with E-state index in [1.54, 1.807) is 11.3 Å². The number of imidazole rings is 1. The molecule has 0 radical (unpaired) electrons. The van der Waals surface area contributed by atoms with Gasteiger partial charge in [0.2, 0.25) is 0 Å². The van der Waals surface area contributed by atoms with E-state index in [2.05, 4.69) is 62.7 Å². The lowest BCUT2D eigenvalue weighted by atomic mass is 10.0. The first-order chi connectivity index (χ1) is 12.2. The van der Waals surface area contributed by atoms with Crippen LogP contribution in [0, 0.1) is 6.92 Å². The Hall–Kier alpha value is -2.66. The van der Waals surface area contributed by atoms with E-state index in [0.717, 1.165) is 28.6 Å². The maximum Gasteiger partial charge on any atom is 0.142 e. The summed E-state index contributed by atoms with van der Waals surface area (Å²) in [6, 6.07) is 15.8. The van der Waals surface area contributed by atoms with Crippen molar-refractivity contribution in [3.63, 3.8) is 0 Å². The molecular formula is C20H18N4S. The van der Waals surface area contributed by atoms with Gasteiger partial charge in [-0.2, -0.15) is 0 Å². The lowest BCUT2D eigenvalue weighted by Crippen LogP contribution is -2.20. The lowest BCUT2D eigenvalue weighted by molar-refractivity contribution is 0.708. The zero-order valence-electron chi connectivity index (χ0n) is 14.1. The molecule has 1 atom stereocenters. The smallest absolute Gasteiger partial charge is 0.142 e. The third-order valence-corrected chi connectivity index (χ3v) is 5.83. The summed E-state index contributed by atoms with van der Waals surface area (Å²) in [4.78, 5) is 13.4. The number of fused-ring (bicyclic) bond motifs is 3. The van der Waals surface area contributed by atoms with Gasteiger partial charge in [0.15, 0.2) is 0 Å². The van der Waals surface area contributed by atoms with Crippen molar-refractivity contribution in [2.45, 2.75) is 19.9 Å². The highest BCUT2D eigenvalue weighted by molar-refractivity contribution is 7.25. The van der Waals surface area contributed by atoms with Crippen molar-refractivity contribution in [3.05, 3.63) is 53.9 Å². The summed E-state index contributed by atoms with van der Waals surface area (Å²) in [5.74, 6) is 2.00. The molecule has 1 aliphatic rings. The lowest BCUT2D eigenvalue weighted by Gasteiger charge is -2.12. The number of amidine groups is 1. The molecule has 4 nitrogen and oxygen atoms in total. The summed E-state index contributed by atoms with van der Waals surface area (Å²) < 4.78 is 1.27. The fourth-order valence-electron chi connectivity index (χ4n) is 3.49. The summed E-state index contributed by atoms with van der Waals surface area (Å²) in [6.07, 6.45) is 0. The maximum atomic E-state index is 4.56. The minimum Gasteiger partial charge on any atom is -0.365 e. The fourth-order valence-corrected chi connectivity index (χ4v) is 4.61. The zero-order valence-corrected chi connectivity index (χ0v) is 14.9. The number of aromatic nitrogens is 2. The second kappa shape index (κ2) is 5.43. The normalized spacial score (nSPS) is 17.2. The van der Waals surface area contributed by atoms with Crippen LogP contribution >= 0.6 is 11.3 Å². The molecule has 0 amide bonds. The molecule has 4 aromatic rings. The van der Waals surface area contributed by atoms with Crippen LogP contribution in [-0.2, 0) is 0 Å². The molecule has 0 saturated carbocycles. The largest absolute Gasteiger partial charge is 0.365 e. The fraction of sp³-hybridized carbons (Fsp3) is 0.200. The summed E-state index contributed by atoms with van der Waals surface area (Å²) in [6.45, 7) is 4.84. The second-order valence-electron chi connectivity index (χ2n) is 6.56. The molecule has 0 aliphatic carbocycles. The first-order valence-electron chi connectivity index (χ1n) is 8.44. The Labute approximate surface area is 149 Å². The van der Waals surface area contributed by atoms with E-state index in [-0.39, 0.29) is 0 Å². The van der Waals surface area contributed by atoms with Gasteiger partial charge in [-0.25, -0.2) is 4.98 Å². The van der Waals surface area contributed by atoms with Crippen LogP contribution in [-0.4, -0.2) is 22.3 Å². The van der Waals surface area contributed by atoms with Gasteiger partial charge in [0.1, 0.15) is 10.7 Å². The molecule has 124 valence electrons. The van der Waals surface area contributed by atoms with Crippen LogP contribution in [0.1, 0.15) is 24.4 Å². The van der Waals surface area contributed by atoms with Gasteiger partial charge in [-0.1, -0.05) is 36.4 Å². The van der Waals surface area contributed by atoms with E-state index in [1.165, 1.54) is 26.8 Å². The van der Waals surface area contributed by atoms with Gasteiger partial charge >= 0.3 is 0 Å². The number of rotatable bonds is 2. The summed E-state index contributed by atoms with van der Waals surface area (Å²) in [5.41, 5.74) is 4.92. The predicted octanol–water partition coefficient (Wildman–Crippen LogP) is 4.82. The number of hydrogen-bond acceptors (Lipinski definition) is 4. The molecule has 5 rings (SSSR count). The van der Waals surface area contributed by atoms with Crippen LogP contribution in [0.4, 0.5) is 0 Å². The van der Waals surface area contributed by atoms with Crippen LogP contribution in [0.5, 0.6) is 0 Å². The highest BCUT2D eigenvalue weighted by atomic mass is 32.1. The van der Waals surface area contributed by atoms with E-state index >= 15 is 0 Å². The number of nitrogens with one attached hydrogen (secondary N) is 2. The first kappa shape index (κ1) is 14.7. The Morgan fingerprint density at radius 2 is 1.84 bits per heavy atom. The third-order valence-electron chi connectivity index (χ3n) is 4.79. The van der Waals surface area contributed by atoms with Crippen molar-refractivity contribution in [1.29, 1.82) is 0 Å². The average Bonchev–Trinajstić information content (AvgIpc) is 3.28. The van der Waals surface area contributed by atoms with Crippen LogP contribution in [0.3, 0.4) is 0 Å². The van der Waals surface area contributed by atoms with Gasteiger partial charge in [0.05, 0.1) is 23.9 Å². The molecule has 0 fully saturated rings. The predicted molar refractivity (Wildman–Crippen MR) is 106 cm³/mol. The van der Waals surface area contributed by atoms with Crippen LogP contribution in [0.25, 0.3) is 31.6 Å². The first-order valence-corrected chi connectivity index (χ1v) is 9.26. The molecule has 0 spiro atoms. The molecule has 5 heteroatoms. The van der Waals surface area contributed by atoms with Crippen LogP contribution < -0.4 is 5.32 Å². The molecule has 0 saturated heterocycles. The van der Waals surface area contributed by atoms with Crippen molar-refractivity contribution >= 4 is 37.6 Å². The standard InChI is InChI=1S/C20H18N4S/c1-11-21-10-17(22-11)14-5-3-13(4-6-14)15-7-8-16-18(9-15)25-20-19(16)23-12(2)24-20/h3-9,17H,10H2,1-2H3,(H,21,22)(H,23,24). The van der Waals surface area contributed by atoms with Crippen molar-refractivity contribution < 1.29 is 0 Å². The zero-order chi connectivity index (χ0) is 17.0. The van der Waals surface area contributed by atoms with Crippen LogP contribution in [0.15, 0.2) is 47.5 Å². The number of aromatic amines is 1. The molecule has 2 aromatic carbocycles. The maximum absolute atomic E-state index is 4.56. The minimum atomic E-state index is 0.309. The van der Waals surface area contributed by atoms with Crippen molar-refractivity contribution in [1.82, 2.24) is 15.3 Å². The summed E-state index contributed by atoms with van der Waals surface area (Å²) in [5, 5.41) is 4.66. The van der Waals surface area contributed by atoms with Gasteiger partial charge in [-0.3, -0.25) is 4.99 Å². The van der Waals surface area contributed by atoms with Gasteiger partial charge in [0.25, 0.3) is 0 Å². The van der Waals surface area contributed by atoms with E-state index < -0.39 is 0 Å².